The number of benzene rings is 1. The zero-order valence-electron chi connectivity index (χ0n) is 6.68. The fourth-order valence-corrected chi connectivity index (χ4v) is 1.11. The van der Waals surface area contributed by atoms with Crippen molar-refractivity contribution < 1.29 is 19.8 Å². The molecule has 0 radical (unpaired) electrons. The third kappa shape index (κ3) is 1.51. The first kappa shape index (κ1) is 8.16. The van der Waals surface area contributed by atoms with Crippen LogP contribution in [0.15, 0.2) is 24.5 Å². The van der Waals surface area contributed by atoms with E-state index in [1.165, 1.54) is 6.26 Å². The van der Waals surface area contributed by atoms with Crippen molar-refractivity contribution in [2.24, 2.45) is 0 Å². The van der Waals surface area contributed by atoms with Gasteiger partial charge in [0.2, 0.25) is 0 Å². The highest BCUT2D eigenvalue weighted by atomic mass is 17.2. The van der Waals surface area contributed by atoms with Gasteiger partial charge in [-0.3, -0.25) is 9.78 Å². The van der Waals surface area contributed by atoms with E-state index < -0.39 is 7.12 Å². The second-order valence-corrected chi connectivity index (χ2v) is 2.65. The Balaban J connectivity index is 2.43. The number of hydrogen-bond donors (Lipinski definition) is 2. The number of fused-ring (bicyclic) bond motifs is 1. The van der Waals surface area contributed by atoms with Crippen molar-refractivity contribution in [3.63, 3.8) is 0 Å². The lowest BCUT2D eigenvalue weighted by Gasteiger charge is -2.11. The van der Waals surface area contributed by atoms with Gasteiger partial charge < -0.3 is 10.0 Å². The second-order valence-electron chi connectivity index (χ2n) is 2.65. The third-order valence-electron chi connectivity index (χ3n) is 1.77. The minimum Gasteiger partial charge on any atom is -0.423 e. The molecule has 4 nitrogen and oxygen atoms in total. The first-order chi connectivity index (χ1) is 6.27. The minimum absolute atomic E-state index is 0.425. The Hall–Kier alpha value is -1.46. The normalized spacial score (nSPS) is 12.8. The predicted molar refractivity (Wildman–Crippen MR) is 47.0 cm³/mol. The molecular weight excluding hydrogens is 171 g/mol. The average Bonchev–Trinajstić information content (AvgIpc) is 2.17. The molecule has 0 atom stereocenters. The van der Waals surface area contributed by atoms with Crippen molar-refractivity contribution in [2.45, 2.75) is 0 Å². The molecule has 2 rings (SSSR count). The molecule has 66 valence electrons. The zero-order valence-corrected chi connectivity index (χ0v) is 6.68. The molecule has 5 heteroatoms. The van der Waals surface area contributed by atoms with Gasteiger partial charge in [-0.25, -0.2) is 0 Å². The van der Waals surface area contributed by atoms with Crippen molar-refractivity contribution in [1.82, 2.24) is 0 Å². The molecule has 0 amide bonds. The van der Waals surface area contributed by atoms with Crippen LogP contribution in [-0.2, 0) is 4.89 Å². The molecule has 1 aliphatic rings. The standard InChI is InChI=1S/C8H7BO4/c10-9(11)7-1-2-8-6(5-7)3-4-12-13-8/h1-5,10-11H. The lowest BCUT2D eigenvalue weighted by molar-refractivity contribution is -0.151. The molecular formula is C8H7BO4. The maximum absolute atomic E-state index is 8.88. The van der Waals surface area contributed by atoms with Crippen molar-refractivity contribution in [1.29, 1.82) is 0 Å². The smallest absolute Gasteiger partial charge is 0.423 e. The highest BCUT2D eigenvalue weighted by Gasteiger charge is 2.14. The fraction of sp³-hybridized carbons (Fsp3) is 0. The molecule has 0 saturated carbocycles. The van der Waals surface area contributed by atoms with Crippen LogP contribution in [0.3, 0.4) is 0 Å². The summed E-state index contributed by atoms with van der Waals surface area (Å²) in [5.74, 6) is 0.562. The molecule has 0 fully saturated rings. The molecule has 1 aromatic carbocycles. The highest BCUT2D eigenvalue weighted by Crippen LogP contribution is 2.22. The maximum Gasteiger partial charge on any atom is 0.488 e. The molecule has 0 saturated heterocycles. The summed E-state index contributed by atoms with van der Waals surface area (Å²) in [5, 5.41) is 17.8. The van der Waals surface area contributed by atoms with Gasteiger partial charge in [-0.1, -0.05) is 12.1 Å². The van der Waals surface area contributed by atoms with Gasteiger partial charge in [0.05, 0.1) is 0 Å². The van der Waals surface area contributed by atoms with Crippen LogP contribution in [0.25, 0.3) is 6.08 Å². The minimum atomic E-state index is -1.46. The molecule has 0 bridgehead atoms. The average molecular weight is 178 g/mol. The Kier molecular flexibility index (Phi) is 1.96. The summed E-state index contributed by atoms with van der Waals surface area (Å²) in [5.41, 5.74) is 1.19. The lowest BCUT2D eigenvalue weighted by Crippen LogP contribution is -2.29. The second kappa shape index (κ2) is 3.12. The number of hydrogen-bond acceptors (Lipinski definition) is 4. The van der Waals surface area contributed by atoms with Crippen LogP contribution < -0.4 is 10.4 Å². The molecule has 0 aliphatic carbocycles. The van der Waals surface area contributed by atoms with E-state index in [1.54, 1.807) is 24.3 Å². The van der Waals surface area contributed by atoms with Gasteiger partial charge in [0, 0.05) is 5.56 Å². The summed E-state index contributed by atoms with van der Waals surface area (Å²) in [6.07, 6.45) is 3.07. The van der Waals surface area contributed by atoms with Crippen molar-refractivity contribution in [3.05, 3.63) is 30.0 Å². The van der Waals surface area contributed by atoms with Gasteiger partial charge in [0.25, 0.3) is 0 Å². The number of rotatable bonds is 1. The molecule has 0 aromatic heterocycles. The van der Waals surface area contributed by atoms with Crippen LogP contribution in [-0.4, -0.2) is 17.2 Å². The van der Waals surface area contributed by atoms with E-state index in [2.05, 4.69) is 4.89 Å². The summed E-state index contributed by atoms with van der Waals surface area (Å²) < 4.78 is 0. The van der Waals surface area contributed by atoms with Gasteiger partial charge in [0.15, 0.2) is 5.75 Å². The summed E-state index contributed by atoms with van der Waals surface area (Å²) in [6, 6.07) is 4.80. The summed E-state index contributed by atoms with van der Waals surface area (Å²) in [4.78, 5) is 9.40. The quantitative estimate of drug-likeness (QED) is 0.456. The molecule has 0 spiro atoms. The molecule has 0 unspecified atom stereocenters. The van der Waals surface area contributed by atoms with Crippen LogP contribution in [0.4, 0.5) is 0 Å². The van der Waals surface area contributed by atoms with Crippen molar-refractivity contribution in [3.8, 4) is 5.75 Å². The predicted octanol–water partition coefficient (Wildman–Crippen LogP) is -0.339. The van der Waals surface area contributed by atoms with Crippen LogP contribution in [0, 0.1) is 0 Å². The summed E-state index contributed by atoms with van der Waals surface area (Å²) in [6.45, 7) is 0. The molecule has 1 heterocycles. The molecule has 2 N–H and O–H groups in total. The largest absolute Gasteiger partial charge is 0.488 e. The van der Waals surface area contributed by atoms with Crippen LogP contribution in [0.1, 0.15) is 5.56 Å². The van der Waals surface area contributed by atoms with E-state index in [-0.39, 0.29) is 0 Å². The first-order valence-electron chi connectivity index (χ1n) is 3.77. The van der Waals surface area contributed by atoms with Gasteiger partial charge in [0.1, 0.15) is 6.26 Å². The summed E-state index contributed by atoms with van der Waals surface area (Å²) in [7, 11) is -1.46. The van der Waals surface area contributed by atoms with Gasteiger partial charge in [-0.15, -0.1) is 0 Å². The third-order valence-corrected chi connectivity index (χ3v) is 1.77. The van der Waals surface area contributed by atoms with E-state index in [1.807, 2.05) is 0 Å². The molecule has 13 heavy (non-hydrogen) atoms. The van der Waals surface area contributed by atoms with Crippen LogP contribution >= 0.6 is 0 Å². The Bertz CT molecular complexity index is 348. The Morgan fingerprint density at radius 2 is 2.08 bits per heavy atom. The van der Waals surface area contributed by atoms with Gasteiger partial charge in [-0.05, 0) is 17.6 Å². The van der Waals surface area contributed by atoms with Crippen LogP contribution in [0.2, 0.25) is 0 Å². The van der Waals surface area contributed by atoms with E-state index in [9.17, 15) is 0 Å². The van der Waals surface area contributed by atoms with E-state index in [0.29, 0.717) is 11.2 Å². The molecule has 1 aromatic rings. The van der Waals surface area contributed by atoms with Crippen molar-refractivity contribution in [2.75, 3.05) is 0 Å². The Morgan fingerprint density at radius 1 is 1.23 bits per heavy atom. The Labute approximate surface area is 75.1 Å². The maximum atomic E-state index is 8.88. The lowest BCUT2D eigenvalue weighted by atomic mass is 9.79. The Morgan fingerprint density at radius 3 is 2.85 bits per heavy atom. The van der Waals surface area contributed by atoms with Crippen LogP contribution in [0.5, 0.6) is 5.75 Å². The summed E-state index contributed by atoms with van der Waals surface area (Å²) >= 11 is 0. The van der Waals surface area contributed by atoms with Gasteiger partial charge >= 0.3 is 7.12 Å². The van der Waals surface area contributed by atoms with Gasteiger partial charge in [-0.2, -0.15) is 0 Å². The van der Waals surface area contributed by atoms with E-state index >= 15 is 0 Å². The first-order valence-corrected chi connectivity index (χ1v) is 3.77. The fourth-order valence-electron chi connectivity index (χ4n) is 1.11. The molecule has 1 aliphatic heterocycles. The monoisotopic (exact) mass is 178 g/mol. The van der Waals surface area contributed by atoms with E-state index in [4.69, 9.17) is 14.9 Å². The van der Waals surface area contributed by atoms with E-state index in [0.717, 1.165) is 5.56 Å². The highest BCUT2D eigenvalue weighted by molar-refractivity contribution is 6.58. The zero-order chi connectivity index (χ0) is 9.26. The topological polar surface area (TPSA) is 58.9 Å². The SMILES string of the molecule is OB(O)c1ccc2c(c1)C=COO2. The van der Waals surface area contributed by atoms with Crippen molar-refractivity contribution >= 4 is 18.7 Å².